The fourth-order valence-electron chi connectivity index (χ4n) is 2.38. The molecule has 0 fully saturated rings. The molecule has 26 heavy (non-hydrogen) atoms. The molecule has 0 spiro atoms. The smallest absolute Gasteiger partial charge is 0.225 e. The van der Waals surface area contributed by atoms with Gasteiger partial charge in [-0.1, -0.05) is 17.7 Å². The first-order valence-electron chi connectivity index (χ1n) is 8.41. The van der Waals surface area contributed by atoms with Crippen molar-refractivity contribution in [2.75, 3.05) is 10.6 Å². The van der Waals surface area contributed by atoms with E-state index in [4.69, 9.17) is 11.6 Å². The number of anilines is 3. The van der Waals surface area contributed by atoms with Crippen LogP contribution in [0.15, 0.2) is 48.8 Å². The first-order chi connectivity index (χ1) is 12.3. The number of aromatic nitrogens is 3. The van der Waals surface area contributed by atoms with Gasteiger partial charge in [-0.25, -0.2) is 4.98 Å². The molecule has 0 aliphatic heterocycles. The van der Waals surface area contributed by atoms with E-state index >= 15 is 0 Å². The van der Waals surface area contributed by atoms with Gasteiger partial charge in [0.05, 0.1) is 5.69 Å². The van der Waals surface area contributed by atoms with Crippen LogP contribution in [0.25, 0.3) is 11.3 Å². The highest BCUT2D eigenvalue weighted by Gasteiger charge is 2.14. The van der Waals surface area contributed by atoms with Gasteiger partial charge < -0.3 is 10.6 Å². The fraction of sp³-hybridized carbons (Fsp3) is 0.250. The highest BCUT2D eigenvalue weighted by atomic mass is 35.5. The molecular weight excluding hydrogens is 346 g/mol. The monoisotopic (exact) mass is 367 g/mol. The molecule has 0 radical (unpaired) electrons. The predicted molar refractivity (Wildman–Crippen MR) is 108 cm³/mol. The summed E-state index contributed by atoms with van der Waals surface area (Å²) in [5, 5.41) is 7.35. The van der Waals surface area contributed by atoms with Crippen LogP contribution in [-0.4, -0.2) is 20.5 Å². The van der Waals surface area contributed by atoms with E-state index in [2.05, 4.69) is 46.4 Å². The summed E-state index contributed by atoms with van der Waals surface area (Å²) < 4.78 is 0. The van der Waals surface area contributed by atoms with Crippen molar-refractivity contribution >= 4 is 29.1 Å². The molecule has 2 N–H and O–H groups in total. The summed E-state index contributed by atoms with van der Waals surface area (Å²) in [4.78, 5) is 13.4. The van der Waals surface area contributed by atoms with Crippen LogP contribution in [0.2, 0.25) is 5.02 Å². The molecule has 0 amide bonds. The maximum atomic E-state index is 6.23. The number of rotatable bonds is 4. The molecule has 3 aromatic rings. The second-order valence-electron chi connectivity index (χ2n) is 7.17. The van der Waals surface area contributed by atoms with E-state index < -0.39 is 0 Å². The quantitative estimate of drug-likeness (QED) is 0.641. The normalized spacial score (nSPS) is 11.3. The van der Waals surface area contributed by atoms with E-state index in [1.807, 2.05) is 43.3 Å². The zero-order valence-corrected chi connectivity index (χ0v) is 16.1. The summed E-state index contributed by atoms with van der Waals surface area (Å²) in [7, 11) is 0. The lowest BCUT2D eigenvalue weighted by molar-refractivity contribution is 0.626. The Labute approximate surface area is 158 Å². The minimum Gasteiger partial charge on any atom is -0.350 e. The van der Waals surface area contributed by atoms with Crippen LogP contribution in [-0.2, 0) is 0 Å². The number of benzene rings is 1. The van der Waals surface area contributed by atoms with E-state index in [0.29, 0.717) is 16.8 Å². The molecule has 1 aromatic carbocycles. The Bertz CT molecular complexity index is 904. The summed E-state index contributed by atoms with van der Waals surface area (Å²) >= 11 is 6.23. The third kappa shape index (κ3) is 4.70. The molecule has 5 nitrogen and oxygen atoms in total. The van der Waals surface area contributed by atoms with Crippen LogP contribution in [0.3, 0.4) is 0 Å². The maximum Gasteiger partial charge on any atom is 0.225 e. The zero-order chi connectivity index (χ0) is 18.7. The number of hydrogen-bond donors (Lipinski definition) is 2. The van der Waals surface area contributed by atoms with E-state index in [1.54, 1.807) is 12.4 Å². The maximum absolute atomic E-state index is 6.23. The van der Waals surface area contributed by atoms with E-state index in [-0.39, 0.29) is 5.54 Å². The number of nitrogens with one attached hydrogen (secondary N) is 2. The first-order valence-corrected chi connectivity index (χ1v) is 8.79. The van der Waals surface area contributed by atoms with Crippen molar-refractivity contribution in [2.24, 2.45) is 0 Å². The Morgan fingerprint density at radius 2 is 1.85 bits per heavy atom. The number of halogens is 1. The predicted octanol–water partition coefficient (Wildman–Crippen LogP) is 5.45. The number of pyridine rings is 1. The van der Waals surface area contributed by atoms with Crippen molar-refractivity contribution < 1.29 is 0 Å². The van der Waals surface area contributed by atoms with E-state index in [0.717, 1.165) is 22.5 Å². The first kappa shape index (κ1) is 18.1. The lowest BCUT2D eigenvalue weighted by Crippen LogP contribution is -2.27. The lowest BCUT2D eigenvalue weighted by atomic mass is 10.1. The molecule has 0 atom stereocenters. The Morgan fingerprint density at radius 1 is 1.04 bits per heavy atom. The third-order valence-corrected chi connectivity index (χ3v) is 4.02. The Morgan fingerprint density at radius 3 is 2.50 bits per heavy atom. The molecule has 0 bridgehead atoms. The number of hydrogen-bond acceptors (Lipinski definition) is 5. The Hall–Kier alpha value is -2.66. The average molecular weight is 368 g/mol. The van der Waals surface area contributed by atoms with Gasteiger partial charge in [-0.2, -0.15) is 4.98 Å². The highest BCUT2D eigenvalue weighted by Crippen LogP contribution is 2.26. The van der Waals surface area contributed by atoms with Crippen LogP contribution in [0.5, 0.6) is 0 Å². The van der Waals surface area contributed by atoms with Crippen molar-refractivity contribution in [1.82, 2.24) is 15.0 Å². The highest BCUT2D eigenvalue weighted by molar-refractivity contribution is 6.31. The second kappa shape index (κ2) is 7.30. The van der Waals surface area contributed by atoms with Gasteiger partial charge in [0.15, 0.2) is 0 Å². The van der Waals surface area contributed by atoms with E-state index in [9.17, 15) is 0 Å². The summed E-state index contributed by atoms with van der Waals surface area (Å²) in [5.74, 6) is 1.24. The largest absolute Gasteiger partial charge is 0.350 e. The Kier molecular flexibility index (Phi) is 5.09. The fourth-order valence-corrected chi connectivity index (χ4v) is 2.56. The van der Waals surface area contributed by atoms with Gasteiger partial charge in [0.1, 0.15) is 5.82 Å². The average Bonchev–Trinajstić information content (AvgIpc) is 2.57. The third-order valence-electron chi connectivity index (χ3n) is 3.61. The van der Waals surface area contributed by atoms with Gasteiger partial charge in [-0.05, 0) is 57.5 Å². The molecule has 0 saturated heterocycles. The van der Waals surface area contributed by atoms with Crippen LogP contribution < -0.4 is 10.6 Å². The van der Waals surface area contributed by atoms with Crippen molar-refractivity contribution in [3.8, 4) is 11.3 Å². The molecule has 2 heterocycles. The summed E-state index contributed by atoms with van der Waals surface area (Å²) in [6.45, 7) is 8.18. The minimum absolute atomic E-state index is 0.155. The molecule has 6 heteroatoms. The Balaban J connectivity index is 2.00. The molecule has 2 aromatic heterocycles. The zero-order valence-electron chi connectivity index (χ0n) is 15.3. The lowest BCUT2D eigenvalue weighted by Gasteiger charge is -2.21. The second-order valence-corrected chi connectivity index (χ2v) is 7.57. The molecule has 0 saturated carbocycles. The van der Waals surface area contributed by atoms with Gasteiger partial charge in [0.2, 0.25) is 5.95 Å². The van der Waals surface area contributed by atoms with Gasteiger partial charge >= 0.3 is 0 Å². The van der Waals surface area contributed by atoms with Gasteiger partial charge in [0.25, 0.3) is 0 Å². The van der Waals surface area contributed by atoms with Gasteiger partial charge in [-0.15, -0.1) is 0 Å². The SMILES string of the molecule is Cc1ccc(Nc2cc(-c3cccnc3)nc(NC(C)(C)C)n2)cc1Cl. The van der Waals surface area contributed by atoms with Crippen LogP contribution >= 0.6 is 11.6 Å². The molecule has 0 aliphatic rings. The van der Waals surface area contributed by atoms with Gasteiger partial charge in [-0.3, -0.25) is 4.98 Å². The minimum atomic E-state index is -0.155. The molecule has 0 unspecified atom stereocenters. The van der Waals surface area contributed by atoms with Crippen molar-refractivity contribution in [1.29, 1.82) is 0 Å². The standard InChI is InChI=1S/C20H22ClN5/c1-13-7-8-15(10-16(13)21)23-18-11-17(14-6-5-9-22-12-14)24-19(25-18)26-20(2,3)4/h5-12H,1-4H3,(H2,23,24,25,26). The molecular formula is C20H22ClN5. The van der Waals surface area contributed by atoms with Crippen LogP contribution in [0.4, 0.5) is 17.5 Å². The summed E-state index contributed by atoms with van der Waals surface area (Å²) in [5.41, 5.74) is 3.47. The molecule has 0 aliphatic carbocycles. The topological polar surface area (TPSA) is 62.7 Å². The summed E-state index contributed by atoms with van der Waals surface area (Å²) in [6, 6.07) is 11.6. The molecule has 3 rings (SSSR count). The van der Waals surface area contributed by atoms with Crippen molar-refractivity contribution in [3.05, 3.63) is 59.4 Å². The van der Waals surface area contributed by atoms with Crippen molar-refractivity contribution in [3.63, 3.8) is 0 Å². The summed E-state index contributed by atoms with van der Waals surface area (Å²) in [6.07, 6.45) is 3.53. The van der Waals surface area contributed by atoms with Crippen LogP contribution in [0.1, 0.15) is 26.3 Å². The van der Waals surface area contributed by atoms with Crippen molar-refractivity contribution in [2.45, 2.75) is 33.2 Å². The van der Waals surface area contributed by atoms with E-state index in [1.165, 1.54) is 0 Å². The van der Waals surface area contributed by atoms with Gasteiger partial charge in [0, 0.05) is 40.3 Å². The molecule has 134 valence electrons. The van der Waals surface area contributed by atoms with Crippen LogP contribution in [0, 0.1) is 6.92 Å². The number of aryl methyl sites for hydroxylation is 1. The number of nitrogens with zero attached hydrogens (tertiary/aromatic N) is 3.